The number of benzene rings is 1. The molecule has 0 spiro atoms. The molecule has 1 saturated heterocycles. The topological polar surface area (TPSA) is 170 Å². The van der Waals surface area contributed by atoms with Gasteiger partial charge in [0.05, 0.1) is 18.9 Å². The second-order valence-electron chi connectivity index (χ2n) is 8.82. The molecule has 1 aliphatic rings. The van der Waals surface area contributed by atoms with E-state index in [0.717, 1.165) is 10.7 Å². The Balaban J connectivity index is 1.79. The molecule has 0 saturated carbocycles. The van der Waals surface area contributed by atoms with Gasteiger partial charge in [-0.1, -0.05) is 6.07 Å². The fourth-order valence-corrected chi connectivity index (χ4v) is 4.01. The first-order valence-electron chi connectivity index (χ1n) is 13.0. The summed E-state index contributed by atoms with van der Waals surface area (Å²) in [5.41, 5.74) is -0.0331. The van der Waals surface area contributed by atoms with Crippen LogP contribution in [0, 0.1) is 5.82 Å². The van der Waals surface area contributed by atoms with Crippen LogP contribution in [0.4, 0.5) is 9.18 Å². The minimum atomic E-state index is -1.21. The number of nitrogens with zero attached hydrogens (tertiary/aromatic N) is 4. The molecule has 1 atom stereocenters. The number of aliphatic carboxylic acids is 1. The summed E-state index contributed by atoms with van der Waals surface area (Å²) in [5.74, 6) is -3.83. The Morgan fingerprint density at radius 1 is 1.02 bits per heavy atom. The lowest BCUT2D eigenvalue weighted by Crippen LogP contribution is -2.56. The summed E-state index contributed by atoms with van der Waals surface area (Å²) in [7, 11) is 0. The quantitative estimate of drug-likeness (QED) is 0.350. The Kier molecular flexibility index (Phi) is 11.0. The molecule has 1 unspecified atom stereocenters. The molecule has 1 aromatic carbocycles. The summed E-state index contributed by atoms with van der Waals surface area (Å²) in [6.07, 6.45) is -1.09. The molecule has 2 aromatic rings. The van der Waals surface area contributed by atoms with Gasteiger partial charge in [-0.25, -0.2) is 18.7 Å². The average Bonchev–Trinajstić information content (AvgIpc) is 3.38. The number of nitrogens with one attached hydrogen (secondary N) is 1. The third-order valence-corrected chi connectivity index (χ3v) is 5.97. The van der Waals surface area contributed by atoms with E-state index >= 15 is 0 Å². The maximum Gasteiger partial charge on any atom is 0.409 e. The normalized spacial score (nSPS) is 13.7. The van der Waals surface area contributed by atoms with Crippen LogP contribution in [-0.4, -0.2) is 107 Å². The van der Waals surface area contributed by atoms with Crippen molar-refractivity contribution in [3.8, 4) is 11.6 Å². The number of piperazine rings is 1. The molecule has 0 aliphatic carbocycles. The molecule has 41 heavy (non-hydrogen) atoms. The molecule has 1 fully saturated rings. The van der Waals surface area contributed by atoms with Gasteiger partial charge in [0, 0.05) is 38.7 Å². The van der Waals surface area contributed by atoms with Gasteiger partial charge in [-0.3, -0.25) is 14.4 Å². The van der Waals surface area contributed by atoms with Gasteiger partial charge >= 0.3 is 18.0 Å². The number of rotatable bonds is 12. The number of hydrogen-bond acceptors (Lipinski definition) is 9. The van der Waals surface area contributed by atoms with E-state index < -0.39 is 54.7 Å². The van der Waals surface area contributed by atoms with Crippen molar-refractivity contribution in [1.82, 2.24) is 24.9 Å². The number of aromatic nitrogens is 2. The highest BCUT2D eigenvalue weighted by molar-refractivity contribution is 5.96. The van der Waals surface area contributed by atoms with Gasteiger partial charge in [0.1, 0.15) is 11.9 Å². The molecule has 15 heteroatoms. The Hall–Kier alpha value is -4.69. The highest BCUT2D eigenvalue weighted by atomic mass is 19.1. The zero-order valence-corrected chi connectivity index (χ0v) is 22.7. The van der Waals surface area contributed by atoms with Gasteiger partial charge < -0.3 is 34.4 Å². The van der Waals surface area contributed by atoms with E-state index in [-0.39, 0.29) is 63.1 Å². The number of carboxylic acid groups (broad SMARTS) is 1. The van der Waals surface area contributed by atoms with Crippen LogP contribution in [0.15, 0.2) is 30.3 Å². The van der Waals surface area contributed by atoms with Gasteiger partial charge in [0.15, 0.2) is 12.3 Å². The molecule has 3 amide bonds. The largest absolute Gasteiger partial charge is 0.481 e. The van der Waals surface area contributed by atoms with Crippen molar-refractivity contribution in [2.45, 2.75) is 32.7 Å². The molecule has 2 heterocycles. The summed E-state index contributed by atoms with van der Waals surface area (Å²) in [4.78, 5) is 64.4. The molecular formula is C26H32FN5O9. The standard InChI is InChI=1S/C26H32FN5O9/c1-3-39-23(35)16-41-21-15-20(29-32(21)18-7-5-6-17(27)14-18)24(36)28-19(8-9-22(33)34)25(37)30-10-12-31(13-11-30)26(38)40-4-2/h5-7,14-15,19H,3-4,8-13,16H2,1-2H3,(H,28,36)(H,33,34). The van der Waals surface area contributed by atoms with Crippen LogP contribution in [0.3, 0.4) is 0 Å². The maximum absolute atomic E-state index is 13.9. The first-order valence-corrected chi connectivity index (χ1v) is 13.0. The predicted octanol–water partition coefficient (Wildman–Crippen LogP) is 1.22. The summed E-state index contributed by atoms with van der Waals surface area (Å²) in [5, 5.41) is 15.9. The number of carbonyl (C=O) groups excluding carboxylic acids is 4. The number of carboxylic acids is 1. The molecule has 1 aromatic heterocycles. The summed E-state index contributed by atoms with van der Waals surface area (Å²) in [6, 6.07) is 5.27. The summed E-state index contributed by atoms with van der Waals surface area (Å²) >= 11 is 0. The lowest BCUT2D eigenvalue weighted by atomic mass is 10.1. The fraction of sp³-hybridized carbons (Fsp3) is 0.462. The number of ether oxygens (including phenoxy) is 3. The van der Waals surface area contributed by atoms with Crippen molar-refractivity contribution in [2.24, 2.45) is 0 Å². The number of amides is 3. The van der Waals surface area contributed by atoms with E-state index in [2.05, 4.69) is 10.4 Å². The zero-order chi connectivity index (χ0) is 29.9. The lowest BCUT2D eigenvalue weighted by Gasteiger charge is -2.35. The fourth-order valence-electron chi connectivity index (χ4n) is 4.01. The second kappa shape index (κ2) is 14.6. The first kappa shape index (κ1) is 30.8. The van der Waals surface area contributed by atoms with E-state index in [9.17, 15) is 33.5 Å². The molecule has 2 N–H and O–H groups in total. The third kappa shape index (κ3) is 8.65. The van der Waals surface area contributed by atoms with Crippen molar-refractivity contribution in [3.05, 3.63) is 41.8 Å². The minimum Gasteiger partial charge on any atom is -0.481 e. The number of carbonyl (C=O) groups is 5. The van der Waals surface area contributed by atoms with Crippen molar-refractivity contribution in [1.29, 1.82) is 0 Å². The first-order chi connectivity index (χ1) is 19.6. The number of esters is 1. The van der Waals surface area contributed by atoms with Crippen molar-refractivity contribution >= 4 is 29.8 Å². The van der Waals surface area contributed by atoms with Crippen LogP contribution >= 0.6 is 0 Å². The Morgan fingerprint density at radius 2 is 1.71 bits per heavy atom. The highest BCUT2D eigenvalue weighted by Gasteiger charge is 2.31. The van der Waals surface area contributed by atoms with Crippen molar-refractivity contribution in [3.63, 3.8) is 0 Å². The van der Waals surface area contributed by atoms with E-state index in [4.69, 9.17) is 14.2 Å². The van der Waals surface area contributed by atoms with Crippen LogP contribution in [0.2, 0.25) is 0 Å². The Morgan fingerprint density at radius 3 is 2.34 bits per heavy atom. The van der Waals surface area contributed by atoms with Crippen LogP contribution in [-0.2, 0) is 23.9 Å². The lowest BCUT2D eigenvalue weighted by molar-refractivity contribution is -0.145. The third-order valence-electron chi connectivity index (χ3n) is 5.97. The predicted molar refractivity (Wildman–Crippen MR) is 139 cm³/mol. The zero-order valence-electron chi connectivity index (χ0n) is 22.7. The molecule has 222 valence electrons. The van der Waals surface area contributed by atoms with E-state index in [1.807, 2.05) is 0 Å². The van der Waals surface area contributed by atoms with Crippen LogP contribution in [0.25, 0.3) is 5.69 Å². The van der Waals surface area contributed by atoms with E-state index in [1.54, 1.807) is 13.8 Å². The van der Waals surface area contributed by atoms with Crippen molar-refractivity contribution < 1.29 is 47.7 Å². The van der Waals surface area contributed by atoms with Gasteiger partial charge in [-0.05, 0) is 38.5 Å². The molecule has 1 aliphatic heterocycles. The minimum absolute atomic E-state index is 0.0719. The molecule has 0 radical (unpaired) electrons. The smallest absolute Gasteiger partial charge is 0.409 e. The van der Waals surface area contributed by atoms with Gasteiger partial charge in [-0.15, -0.1) is 0 Å². The SMILES string of the molecule is CCOC(=O)COc1cc(C(=O)NC(CCC(=O)O)C(=O)N2CCN(C(=O)OCC)CC2)nn1-c1cccc(F)c1. The maximum atomic E-state index is 13.9. The van der Waals surface area contributed by atoms with Gasteiger partial charge in [-0.2, -0.15) is 5.10 Å². The Bertz CT molecular complexity index is 1260. The Labute approximate surface area is 234 Å². The molecule has 0 bridgehead atoms. The van der Waals surface area contributed by atoms with Crippen LogP contribution in [0.5, 0.6) is 5.88 Å². The van der Waals surface area contributed by atoms with Gasteiger partial charge in [0.25, 0.3) is 5.91 Å². The van der Waals surface area contributed by atoms with E-state index in [1.165, 1.54) is 34.1 Å². The molecular weight excluding hydrogens is 545 g/mol. The monoisotopic (exact) mass is 577 g/mol. The number of hydrogen-bond donors (Lipinski definition) is 2. The molecule has 14 nitrogen and oxygen atoms in total. The van der Waals surface area contributed by atoms with Crippen molar-refractivity contribution in [2.75, 3.05) is 46.0 Å². The average molecular weight is 578 g/mol. The summed E-state index contributed by atoms with van der Waals surface area (Å²) < 4.78 is 30.3. The summed E-state index contributed by atoms with van der Waals surface area (Å²) in [6.45, 7) is 3.90. The van der Waals surface area contributed by atoms with Gasteiger partial charge in [0.2, 0.25) is 11.8 Å². The highest BCUT2D eigenvalue weighted by Crippen LogP contribution is 2.21. The van der Waals surface area contributed by atoms with Crippen LogP contribution < -0.4 is 10.1 Å². The molecule has 3 rings (SSSR count). The second-order valence-corrected chi connectivity index (χ2v) is 8.82. The van der Waals surface area contributed by atoms with E-state index in [0.29, 0.717) is 0 Å². The van der Waals surface area contributed by atoms with Crippen LogP contribution in [0.1, 0.15) is 37.2 Å². The number of halogens is 1.